The summed E-state index contributed by atoms with van der Waals surface area (Å²) in [5.41, 5.74) is 2.12. The molecule has 1 fully saturated rings. The van der Waals surface area contributed by atoms with Crippen molar-refractivity contribution in [1.82, 2.24) is 4.90 Å². The van der Waals surface area contributed by atoms with Crippen LogP contribution in [0, 0.1) is 11.7 Å². The third kappa shape index (κ3) is 3.91. The van der Waals surface area contributed by atoms with Crippen molar-refractivity contribution in [3.8, 4) is 0 Å². The predicted molar refractivity (Wildman–Crippen MR) is 139 cm³/mol. The molecular formula is C29H25FN4O4. The number of piperidine rings is 1. The Balaban J connectivity index is 1.13. The number of likely N-dealkylation sites (tertiary alicyclic amines) is 1. The van der Waals surface area contributed by atoms with Crippen LogP contribution in [0.4, 0.5) is 21.5 Å². The van der Waals surface area contributed by atoms with Crippen molar-refractivity contribution in [2.75, 3.05) is 29.0 Å². The van der Waals surface area contributed by atoms with Gasteiger partial charge in [-0.05, 0) is 54.8 Å². The minimum Gasteiger partial charge on any atom is -0.339 e. The van der Waals surface area contributed by atoms with Crippen LogP contribution in [0.15, 0.2) is 66.7 Å². The van der Waals surface area contributed by atoms with E-state index < -0.39 is 17.1 Å². The molecular weight excluding hydrogens is 487 g/mol. The highest BCUT2D eigenvalue weighted by Crippen LogP contribution is 2.45. The standard InChI is InChI=1S/C29H25FN4O4/c30-20-6-3-5-18(14-20)26(36)34-12-10-17(11-13-34)25(35)31-21-8-9-22-24(15-21)33-28(38)29(22)16-19-4-1-2-7-23(19)32-27(29)37/h1-9,14-15,17H,10-13,16H2,(H,31,35)(H,32,37)(H,33,38). The molecule has 192 valence electrons. The molecule has 8 nitrogen and oxygen atoms in total. The van der Waals surface area contributed by atoms with Gasteiger partial charge in [-0.2, -0.15) is 0 Å². The molecule has 1 spiro atoms. The average molecular weight is 513 g/mol. The van der Waals surface area contributed by atoms with Gasteiger partial charge in [0.25, 0.3) is 5.91 Å². The number of carbonyl (C=O) groups excluding carboxylic acids is 4. The number of nitrogens with zero attached hydrogens (tertiary/aromatic N) is 1. The van der Waals surface area contributed by atoms with E-state index in [0.29, 0.717) is 54.1 Å². The second-order valence-corrected chi connectivity index (χ2v) is 9.97. The van der Waals surface area contributed by atoms with Gasteiger partial charge in [0.2, 0.25) is 17.7 Å². The lowest BCUT2D eigenvalue weighted by Gasteiger charge is -2.32. The minimum absolute atomic E-state index is 0.175. The van der Waals surface area contributed by atoms with Crippen LogP contribution < -0.4 is 16.0 Å². The van der Waals surface area contributed by atoms with Gasteiger partial charge in [0.05, 0.1) is 0 Å². The summed E-state index contributed by atoms with van der Waals surface area (Å²) in [5, 5.41) is 8.60. The molecule has 38 heavy (non-hydrogen) atoms. The van der Waals surface area contributed by atoms with Crippen LogP contribution in [0.5, 0.6) is 0 Å². The Hall–Kier alpha value is -4.53. The zero-order valence-electron chi connectivity index (χ0n) is 20.4. The summed E-state index contributed by atoms with van der Waals surface area (Å²) in [7, 11) is 0. The molecule has 0 saturated carbocycles. The molecule has 4 amide bonds. The molecule has 9 heteroatoms. The second-order valence-electron chi connectivity index (χ2n) is 9.97. The summed E-state index contributed by atoms with van der Waals surface area (Å²) in [6, 6.07) is 18.1. The van der Waals surface area contributed by atoms with Crippen LogP contribution in [0.2, 0.25) is 0 Å². The van der Waals surface area contributed by atoms with Gasteiger partial charge in [0.15, 0.2) is 5.41 Å². The quantitative estimate of drug-likeness (QED) is 0.465. The lowest BCUT2D eigenvalue weighted by atomic mass is 9.73. The summed E-state index contributed by atoms with van der Waals surface area (Å²) >= 11 is 0. The summed E-state index contributed by atoms with van der Waals surface area (Å²) in [6.07, 6.45) is 1.22. The number of fused-ring (bicyclic) bond motifs is 3. The molecule has 1 unspecified atom stereocenters. The Morgan fingerprint density at radius 2 is 1.63 bits per heavy atom. The van der Waals surface area contributed by atoms with Crippen molar-refractivity contribution in [3.05, 3.63) is 89.2 Å². The molecule has 6 rings (SSSR count). The Kier molecular flexibility index (Phi) is 5.71. The lowest BCUT2D eigenvalue weighted by molar-refractivity contribution is -0.131. The molecule has 0 bridgehead atoms. The molecule has 3 aliphatic heterocycles. The van der Waals surface area contributed by atoms with Gasteiger partial charge >= 0.3 is 0 Å². The maximum absolute atomic E-state index is 13.5. The van der Waals surface area contributed by atoms with E-state index in [4.69, 9.17) is 0 Å². The fourth-order valence-electron chi connectivity index (χ4n) is 5.63. The second kappa shape index (κ2) is 9.09. The lowest BCUT2D eigenvalue weighted by Crippen LogP contribution is -2.50. The number of anilines is 3. The zero-order chi connectivity index (χ0) is 26.4. The zero-order valence-corrected chi connectivity index (χ0v) is 20.4. The number of carbonyl (C=O) groups is 4. The fourth-order valence-corrected chi connectivity index (χ4v) is 5.63. The van der Waals surface area contributed by atoms with Crippen LogP contribution in [0.25, 0.3) is 0 Å². The van der Waals surface area contributed by atoms with Gasteiger partial charge < -0.3 is 20.9 Å². The average Bonchev–Trinajstić information content (AvgIpc) is 3.19. The highest BCUT2D eigenvalue weighted by Gasteiger charge is 2.55. The molecule has 0 radical (unpaired) electrons. The molecule has 1 saturated heterocycles. The van der Waals surface area contributed by atoms with Gasteiger partial charge in [-0.15, -0.1) is 0 Å². The van der Waals surface area contributed by atoms with Crippen LogP contribution in [-0.4, -0.2) is 41.6 Å². The first kappa shape index (κ1) is 23.8. The summed E-state index contributed by atoms with van der Waals surface area (Å²) in [5.74, 6) is -1.94. The van der Waals surface area contributed by atoms with Crippen LogP contribution in [0.3, 0.4) is 0 Å². The van der Waals surface area contributed by atoms with E-state index in [0.717, 1.165) is 5.56 Å². The summed E-state index contributed by atoms with van der Waals surface area (Å²) < 4.78 is 13.5. The van der Waals surface area contributed by atoms with Crippen LogP contribution in [0.1, 0.15) is 34.3 Å². The van der Waals surface area contributed by atoms with E-state index in [1.807, 2.05) is 24.3 Å². The number of rotatable bonds is 3. The summed E-state index contributed by atoms with van der Waals surface area (Å²) in [6.45, 7) is 0.791. The van der Waals surface area contributed by atoms with E-state index in [1.54, 1.807) is 29.2 Å². The molecule has 3 aromatic carbocycles. The third-order valence-corrected chi connectivity index (χ3v) is 7.72. The summed E-state index contributed by atoms with van der Waals surface area (Å²) in [4.78, 5) is 53.5. The molecule has 0 aliphatic carbocycles. The van der Waals surface area contributed by atoms with E-state index in [-0.39, 0.29) is 30.1 Å². The fraction of sp³-hybridized carbons (Fsp3) is 0.241. The largest absolute Gasteiger partial charge is 0.339 e. The highest BCUT2D eigenvalue weighted by atomic mass is 19.1. The molecule has 3 aliphatic rings. The normalized spacial score (nSPS) is 20.4. The molecule has 3 aromatic rings. The number of amides is 4. The highest BCUT2D eigenvalue weighted by molar-refractivity contribution is 6.25. The number of hydrogen-bond donors (Lipinski definition) is 3. The van der Waals surface area contributed by atoms with Crippen LogP contribution in [-0.2, 0) is 26.2 Å². The van der Waals surface area contributed by atoms with Gasteiger partial charge in [-0.1, -0.05) is 30.3 Å². The van der Waals surface area contributed by atoms with Gasteiger partial charge in [0.1, 0.15) is 5.82 Å². The topological polar surface area (TPSA) is 108 Å². The van der Waals surface area contributed by atoms with Gasteiger partial charge in [-0.3, -0.25) is 19.2 Å². The smallest absolute Gasteiger partial charge is 0.253 e. The number of benzene rings is 3. The molecule has 0 aromatic heterocycles. The third-order valence-electron chi connectivity index (χ3n) is 7.72. The van der Waals surface area contributed by atoms with Crippen molar-refractivity contribution in [2.24, 2.45) is 5.92 Å². The Bertz CT molecular complexity index is 1500. The number of halogens is 1. The van der Waals surface area contributed by atoms with Crippen molar-refractivity contribution in [2.45, 2.75) is 24.7 Å². The maximum Gasteiger partial charge on any atom is 0.253 e. The SMILES string of the molecule is O=C(Nc1ccc2c(c1)NC(=O)C21Cc2ccccc2NC1=O)C1CCN(C(=O)c2cccc(F)c2)CC1. The first-order valence-corrected chi connectivity index (χ1v) is 12.6. The van der Waals surface area contributed by atoms with Crippen molar-refractivity contribution >= 4 is 40.7 Å². The molecule has 3 N–H and O–H groups in total. The predicted octanol–water partition coefficient (Wildman–Crippen LogP) is 3.70. The van der Waals surface area contributed by atoms with E-state index in [9.17, 15) is 23.6 Å². The monoisotopic (exact) mass is 512 g/mol. The Labute approximate surface area is 218 Å². The number of para-hydroxylation sites is 1. The minimum atomic E-state index is -1.35. The van der Waals surface area contributed by atoms with E-state index >= 15 is 0 Å². The first-order chi connectivity index (χ1) is 18.3. The van der Waals surface area contributed by atoms with Gasteiger partial charge in [-0.25, -0.2) is 4.39 Å². The Morgan fingerprint density at radius 3 is 2.39 bits per heavy atom. The van der Waals surface area contributed by atoms with Crippen molar-refractivity contribution in [1.29, 1.82) is 0 Å². The molecule has 3 heterocycles. The van der Waals surface area contributed by atoms with E-state index in [1.165, 1.54) is 18.2 Å². The maximum atomic E-state index is 13.5. The van der Waals surface area contributed by atoms with Crippen molar-refractivity contribution < 1.29 is 23.6 Å². The Morgan fingerprint density at radius 1 is 0.895 bits per heavy atom. The number of hydrogen-bond acceptors (Lipinski definition) is 4. The molecule has 1 atom stereocenters. The number of nitrogens with one attached hydrogen (secondary N) is 3. The van der Waals surface area contributed by atoms with Gasteiger partial charge in [0, 0.05) is 53.6 Å². The van der Waals surface area contributed by atoms with Crippen molar-refractivity contribution in [3.63, 3.8) is 0 Å². The van der Waals surface area contributed by atoms with E-state index in [2.05, 4.69) is 16.0 Å². The van der Waals surface area contributed by atoms with Crippen LogP contribution >= 0.6 is 0 Å². The first-order valence-electron chi connectivity index (χ1n) is 12.6.